The summed E-state index contributed by atoms with van der Waals surface area (Å²) in [6.45, 7) is -1.16. The number of nitrogens with one attached hydrogen (secondary N) is 8. The maximum absolute atomic E-state index is 16.9. The topological polar surface area (TPSA) is 662 Å². The van der Waals surface area contributed by atoms with E-state index in [1.807, 2.05) is 0 Å². The van der Waals surface area contributed by atoms with Gasteiger partial charge in [0.25, 0.3) is 0 Å². The van der Waals surface area contributed by atoms with Crippen molar-refractivity contribution in [2.75, 3.05) is 19.8 Å². The number of aromatic hydroxyl groups is 4. The molecule has 0 spiro atoms. The van der Waals surface area contributed by atoms with Crippen LogP contribution in [0.1, 0.15) is 89.1 Å². The molecule has 658 valence electrons. The van der Waals surface area contributed by atoms with Crippen molar-refractivity contribution in [3.05, 3.63) is 164 Å². The van der Waals surface area contributed by atoms with E-state index in [0.29, 0.717) is 0 Å². The number of carboxylic acid groups (broad SMARTS) is 1. The number of halogens is 2. The van der Waals surface area contributed by atoms with E-state index in [0.717, 1.165) is 98.8 Å². The Balaban J connectivity index is 1.05. The number of ether oxygens (including phenoxy) is 9. The number of carbonyl (C=O) groups is 9. The van der Waals surface area contributed by atoms with Crippen LogP contribution in [0.15, 0.2) is 115 Å². The number of aliphatic hydroxyl groups excluding tert-OH is 10. The fourth-order valence-electron chi connectivity index (χ4n) is 15.3. The molecule has 9 aliphatic heterocycles. The van der Waals surface area contributed by atoms with Crippen LogP contribution in [-0.4, -0.2) is 254 Å². The van der Waals surface area contributed by atoms with Gasteiger partial charge in [-0.25, -0.2) is 4.79 Å². The first-order valence-electron chi connectivity index (χ1n) is 38.0. The monoisotopic (exact) mass is 1770 g/mol. The molecule has 124 heavy (non-hydrogen) atoms. The van der Waals surface area contributed by atoms with Crippen molar-refractivity contribution in [2.45, 2.75) is 161 Å². The number of hydrogen-bond acceptors (Lipinski definition) is 33. The molecule has 0 radical (unpaired) electrons. The van der Waals surface area contributed by atoms with Gasteiger partial charge in [0.2, 0.25) is 65.6 Å². The molecule has 0 aromatic heterocycles. The van der Waals surface area contributed by atoms with Crippen LogP contribution in [0.25, 0.3) is 11.1 Å². The molecule has 17 bridgehead atoms. The molecule has 9 aliphatic rings. The first kappa shape index (κ1) is 88.3. The first-order chi connectivity index (χ1) is 59.0. The Bertz CT molecular complexity index is 5380. The summed E-state index contributed by atoms with van der Waals surface area (Å²) in [5, 5.41) is 188. The van der Waals surface area contributed by atoms with Crippen LogP contribution < -0.4 is 72.0 Å². The fourth-order valence-corrected chi connectivity index (χ4v) is 15.7. The summed E-state index contributed by atoms with van der Waals surface area (Å²) in [5.74, 6) is -19.8. The molecule has 9 heterocycles. The maximum Gasteiger partial charge on any atom is 0.330 e. The third-order valence-corrected chi connectivity index (χ3v) is 22.1. The number of hydrogen-bond donors (Lipinski definition) is 24. The van der Waals surface area contributed by atoms with Crippen molar-refractivity contribution in [3.63, 3.8) is 0 Å². The quantitative estimate of drug-likeness (QED) is 0.0632. The Hall–Kier alpha value is -12.1. The normalized spacial score (nSPS) is 29.9. The summed E-state index contributed by atoms with van der Waals surface area (Å²) in [7, 11) is 0. The number of amides is 8. The van der Waals surface area contributed by atoms with Crippen molar-refractivity contribution in [3.8, 4) is 80.1 Å². The number of fused-ring (bicyclic) bond motifs is 14. The second kappa shape index (κ2) is 36.0. The Morgan fingerprint density at radius 3 is 1.60 bits per heavy atom. The highest BCUT2D eigenvalue weighted by Gasteiger charge is 2.52. The third-order valence-electron chi connectivity index (χ3n) is 21.5. The number of carboxylic acids is 1. The van der Waals surface area contributed by atoms with Crippen LogP contribution in [0.4, 0.5) is 0 Å². The van der Waals surface area contributed by atoms with Gasteiger partial charge in [-0.1, -0.05) is 47.5 Å². The third kappa shape index (κ3) is 17.9. The number of phenolic OH excluding ortho intramolecular Hbond substituents is 4. The van der Waals surface area contributed by atoms with Crippen molar-refractivity contribution in [2.24, 2.45) is 5.73 Å². The van der Waals surface area contributed by atoms with Crippen LogP contribution in [-0.2, 0) is 68.5 Å². The summed E-state index contributed by atoms with van der Waals surface area (Å²) >= 11 is 14.6. The van der Waals surface area contributed by atoms with Gasteiger partial charge in [0.15, 0.2) is 35.3 Å². The molecule has 44 heteroatoms. The van der Waals surface area contributed by atoms with Crippen molar-refractivity contribution in [1.29, 1.82) is 0 Å². The average molecular weight is 1770 g/mol. The second-order valence-electron chi connectivity index (χ2n) is 30.0. The number of rotatable bonds is 12. The van der Waals surface area contributed by atoms with Crippen molar-refractivity contribution in [1.82, 2.24) is 42.5 Å². The van der Waals surface area contributed by atoms with E-state index in [4.69, 9.17) is 71.6 Å². The zero-order chi connectivity index (χ0) is 89.0. The highest BCUT2D eigenvalue weighted by Crippen LogP contribution is 2.51. The molecule has 8 amide bonds. The second-order valence-corrected chi connectivity index (χ2v) is 30.8. The molecule has 42 nitrogen and oxygen atoms in total. The summed E-state index contributed by atoms with van der Waals surface area (Å²) < 4.78 is 56.7. The van der Waals surface area contributed by atoms with Gasteiger partial charge < -0.3 is 167 Å². The predicted octanol–water partition coefficient (Wildman–Crippen LogP) is -1.96. The van der Waals surface area contributed by atoms with Crippen LogP contribution in [0.2, 0.25) is 10.0 Å². The Labute approximate surface area is 708 Å². The van der Waals surface area contributed by atoms with Crippen LogP contribution >= 0.6 is 23.2 Å². The minimum atomic E-state index is -2.59. The van der Waals surface area contributed by atoms with Gasteiger partial charge in [-0.3, -0.25) is 38.4 Å². The zero-order valence-corrected chi connectivity index (χ0v) is 66.0. The molecular weight excluding hydrogens is 1690 g/mol. The van der Waals surface area contributed by atoms with E-state index >= 15 is 24.0 Å². The van der Waals surface area contributed by atoms with Gasteiger partial charge in [-0.15, -0.1) is 0 Å². The standard InChI is InChI=1S/C80H81Cl2N9O33/c1-26(95)84-59-65(104)62(101)50(23-92)120-78(59)123-69-31-6-10-45(40(82)16-31)118-49-19-33-18-48(70(49)124-79-60(85-27(2)96)66(105)63(102)51(24-93)121-79)117-44-9-3-28(11-39(44)81)12-41-71(108)87-56(32-13-34(97)20-36(14-32)116-46-17-29(4-8-43(46)100)54(83)72(109)86-41)74(111)89-57(33)75(112)88-55-30-5-7-42(99)37(15-30)53-38(58(77(114)115)90-76(113)61(69)91-73(55)110)21-35(98)22-47(53)119-80-68(107)67(106)64(103)52(25-94)122-80/h3-11,13-22,41,50-52,54-69,78-80,92-94,97-107H,12,23-25,83H2,1-2H3,(H,84,95)(H,85,96)(H,86,109)(H,87,108)(H,88,112)(H,89,111)(H,90,113)(H,91,110)(H,114,115)/t41-,50-,51-,52-,54-,55-,56+,57-,58-,59-,60-,61+,62-,63-,64-,65-,66-,67+,68+,69-,78?,79+,80+/m1/s1. The summed E-state index contributed by atoms with van der Waals surface area (Å²) in [6, 6.07) is 0.427. The van der Waals surface area contributed by atoms with Gasteiger partial charge >= 0.3 is 5.97 Å². The van der Waals surface area contributed by atoms with E-state index in [1.54, 1.807) is 0 Å². The lowest BCUT2D eigenvalue weighted by Crippen LogP contribution is -2.65. The molecule has 0 saturated carbocycles. The lowest BCUT2D eigenvalue weighted by molar-refractivity contribution is -0.284. The zero-order valence-electron chi connectivity index (χ0n) is 64.5. The molecule has 23 atom stereocenters. The van der Waals surface area contributed by atoms with E-state index in [9.17, 15) is 95.8 Å². The highest BCUT2D eigenvalue weighted by molar-refractivity contribution is 6.32. The van der Waals surface area contributed by atoms with Gasteiger partial charge in [0, 0.05) is 49.1 Å². The minimum absolute atomic E-state index is 0.0241. The molecule has 3 saturated heterocycles. The Morgan fingerprint density at radius 2 is 1.00 bits per heavy atom. The molecule has 7 aromatic rings. The minimum Gasteiger partial charge on any atom is -0.508 e. The van der Waals surface area contributed by atoms with Gasteiger partial charge in [0.1, 0.15) is 156 Å². The van der Waals surface area contributed by atoms with Crippen LogP contribution in [0.5, 0.6) is 69.0 Å². The highest BCUT2D eigenvalue weighted by atomic mass is 35.5. The van der Waals surface area contributed by atoms with Crippen molar-refractivity contribution < 1.29 is 162 Å². The number of benzene rings is 7. The SMILES string of the molecule is CC(=O)N[C@H]1[C@H](Oc2c3cc4cc2Oc2ccc(cc2Cl)[C@@H](OC2O[C@H](CO)[C@@H](O)[C@H](O)[C@H]2NC(C)=O)[C@@H]2NC(=O)[C@H](NC(=O)[C@@H]4NC(=O)[C@H]4NC(=O)[C@@H](Cc5ccc(c(Cl)c5)O3)NC(=O)[C@H](N)c3ccc(O)c(c3)Oc3cc(O)cc4c3)c3ccc(O)c(c3)-c3c(O[C@H]4O[C@H](CO)[C@@H](O)[C@H](O)[C@@H]4O)cc(O)cc3[C@H](C(=O)O)NC2=O)O[C@H](CO)[C@@H](O)[C@@H]1O. The molecule has 16 rings (SSSR count). The molecule has 7 aromatic carbocycles. The number of phenols is 4. The number of aliphatic carboxylic acids is 1. The first-order valence-corrected chi connectivity index (χ1v) is 38.8. The van der Waals surface area contributed by atoms with Gasteiger partial charge in [0.05, 0.1) is 29.9 Å². The van der Waals surface area contributed by atoms with E-state index in [2.05, 4.69) is 42.5 Å². The van der Waals surface area contributed by atoms with Crippen molar-refractivity contribution >= 4 is 76.4 Å². The lowest BCUT2D eigenvalue weighted by atomic mass is 9.89. The maximum atomic E-state index is 16.9. The summed E-state index contributed by atoms with van der Waals surface area (Å²) in [6.07, 6.45) is -29.2. The van der Waals surface area contributed by atoms with Gasteiger partial charge in [-0.2, -0.15) is 0 Å². The van der Waals surface area contributed by atoms with Crippen LogP contribution in [0, 0.1) is 0 Å². The number of nitrogens with two attached hydrogens (primary N) is 1. The Morgan fingerprint density at radius 1 is 0.476 bits per heavy atom. The number of carbonyl (C=O) groups excluding carboxylic acids is 8. The summed E-state index contributed by atoms with van der Waals surface area (Å²) in [4.78, 5) is 136. The fraction of sp³-hybridized carbons (Fsp3) is 0.362. The molecule has 25 N–H and O–H groups in total. The lowest BCUT2D eigenvalue weighted by Gasteiger charge is -2.44. The molecule has 1 unspecified atom stereocenters. The van der Waals surface area contributed by atoms with E-state index < -0.39 is 316 Å². The van der Waals surface area contributed by atoms with Gasteiger partial charge in [-0.05, 0) is 112 Å². The molecule has 0 aliphatic carbocycles. The predicted molar refractivity (Wildman–Crippen MR) is 416 cm³/mol. The van der Waals surface area contributed by atoms with E-state index in [-0.39, 0.29) is 33.4 Å². The van der Waals surface area contributed by atoms with Crippen LogP contribution in [0.3, 0.4) is 0 Å². The smallest absolute Gasteiger partial charge is 0.330 e. The summed E-state index contributed by atoms with van der Waals surface area (Å²) in [5.41, 5.74) is 2.71. The molecular formula is C80H81Cl2N9O33. The molecule has 3 fully saturated rings. The average Bonchev–Trinajstić information content (AvgIpc) is 0.758. The Kier molecular flexibility index (Phi) is 25.6. The number of aliphatic hydroxyl groups is 10. The van der Waals surface area contributed by atoms with E-state index in [1.165, 1.54) is 30.3 Å². The largest absolute Gasteiger partial charge is 0.508 e.